The molecule has 8 nitrogen and oxygen atoms in total. The maximum atomic E-state index is 11.4. The van der Waals surface area contributed by atoms with E-state index in [4.69, 9.17) is 5.84 Å². The second-order valence-electron chi connectivity index (χ2n) is 6.94. The van der Waals surface area contributed by atoms with E-state index in [1.165, 1.54) is 5.56 Å². The van der Waals surface area contributed by atoms with E-state index in [0.29, 0.717) is 0 Å². The van der Waals surface area contributed by atoms with Crippen LogP contribution in [0.5, 0.6) is 0 Å². The highest BCUT2D eigenvalue weighted by Gasteiger charge is 2.19. The molecule has 11 heteroatoms. The molecule has 172 valence electrons. The number of amides is 2. The summed E-state index contributed by atoms with van der Waals surface area (Å²) < 4.78 is 0. The molecular weight excluding hydrogens is 463 g/mol. The molecule has 1 saturated heterocycles. The molecule has 0 radical (unpaired) electrons. The van der Waals surface area contributed by atoms with Crippen LogP contribution in [0.25, 0.3) is 0 Å². The molecule has 0 bridgehead atoms. The number of benzene rings is 1. The number of nitrogens with two attached hydrogens (primary N) is 1. The molecule has 2 heterocycles. The van der Waals surface area contributed by atoms with E-state index in [0.717, 1.165) is 56.1 Å². The highest BCUT2D eigenvalue weighted by atomic mass is 35.5. The van der Waals surface area contributed by atoms with Crippen molar-refractivity contribution in [2.75, 3.05) is 31.1 Å². The fourth-order valence-electron chi connectivity index (χ4n) is 3.24. The molecule has 1 aliphatic rings. The average molecular weight is 492 g/mol. The molecule has 0 aliphatic carbocycles. The first kappa shape index (κ1) is 28.9. The third kappa shape index (κ3) is 8.49. The molecule has 2 amide bonds. The molecule has 0 saturated carbocycles. The fourth-order valence-corrected chi connectivity index (χ4v) is 3.24. The number of aromatic nitrogens is 2. The number of halogens is 3. The molecular formula is C20H29Cl3N6O2. The Kier molecular flexibility index (Phi) is 13.1. The second kappa shape index (κ2) is 14.0. The first-order chi connectivity index (χ1) is 13.5. The summed E-state index contributed by atoms with van der Waals surface area (Å²) in [4.78, 5) is 26.7. The van der Waals surface area contributed by atoms with Crippen LogP contribution in [0.4, 0.5) is 5.82 Å². The second-order valence-corrected chi connectivity index (χ2v) is 6.94. The maximum absolute atomic E-state index is 11.4. The molecule has 1 aliphatic heterocycles. The van der Waals surface area contributed by atoms with Crippen LogP contribution in [0.1, 0.15) is 23.7 Å². The number of nitrogens with zero attached hydrogens (tertiary/aromatic N) is 4. The van der Waals surface area contributed by atoms with Crippen LogP contribution in [0.15, 0.2) is 36.4 Å². The van der Waals surface area contributed by atoms with Gasteiger partial charge >= 0.3 is 0 Å². The van der Waals surface area contributed by atoms with Crippen molar-refractivity contribution in [3.05, 3.63) is 53.2 Å². The van der Waals surface area contributed by atoms with Crippen molar-refractivity contribution in [3.8, 4) is 0 Å². The molecule has 2 aromatic rings. The predicted molar refractivity (Wildman–Crippen MR) is 128 cm³/mol. The zero-order chi connectivity index (χ0) is 19.9. The summed E-state index contributed by atoms with van der Waals surface area (Å²) in [5.41, 5.74) is 5.19. The van der Waals surface area contributed by atoms with Crippen molar-refractivity contribution in [2.24, 2.45) is 5.84 Å². The molecule has 3 N–H and O–H groups in total. The van der Waals surface area contributed by atoms with Crippen LogP contribution in [0, 0.1) is 0 Å². The van der Waals surface area contributed by atoms with Crippen molar-refractivity contribution in [2.45, 2.75) is 26.2 Å². The first-order valence-electron chi connectivity index (χ1n) is 9.45. The van der Waals surface area contributed by atoms with Gasteiger partial charge in [0.05, 0.1) is 12.1 Å². The number of hydrazine groups is 1. The Hall–Kier alpha value is -2.13. The number of hydrogen-bond donors (Lipinski definition) is 2. The van der Waals surface area contributed by atoms with Gasteiger partial charge in [0, 0.05) is 33.1 Å². The Morgan fingerprint density at radius 1 is 0.903 bits per heavy atom. The van der Waals surface area contributed by atoms with Crippen LogP contribution >= 0.6 is 37.2 Å². The van der Waals surface area contributed by atoms with Crippen LogP contribution in [0.3, 0.4) is 0 Å². The van der Waals surface area contributed by atoms with Crippen molar-refractivity contribution in [1.82, 2.24) is 20.5 Å². The average Bonchev–Trinajstić information content (AvgIpc) is 2.73. The lowest BCUT2D eigenvalue weighted by molar-refractivity contribution is -0.129. The van der Waals surface area contributed by atoms with Crippen LogP contribution in [-0.2, 0) is 28.9 Å². The molecule has 0 atom stereocenters. The Morgan fingerprint density at radius 2 is 1.52 bits per heavy atom. The number of anilines is 1. The number of rotatable bonds is 6. The predicted octanol–water partition coefficient (Wildman–Crippen LogP) is 1.73. The third-order valence-corrected chi connectivity index (χ3v) is 4.97. The molecule has 0 spiro atoms. The molecule has 1 fully saturated rings. The Labute approximate surface area is 201 Å². The Morgan fingerprint density at radius 3 is 2.03 bits per heavy atom. The van der Waals surface area contributed by atoms with Crippen LogP contribution in [-0.4, -0.2) is 53.1 Å². The lowest BCUT2D eigenvalue weighted by Gasteiger charge is -2.34. The summed E-state index contributed by atoms with van der Waals surface area (Å²) in [6, 6.07) is 11.9. The number of nitrogens with one attached hydrogen (secondary N) is 1. The number of aryl methyl sites for hydroxylation is 2. The lowest BCUT2D eigenvalue weighted by Crippen LogP contribution is -2.48. The van der Waals surface area contributed by atoms with Gasteiger partial charge in [0.2, 0.25) is 11.8 Å². The van der Waals surface area contributed by atoms with E-state index in [9.17, 15) is 9.59 Å². The fraction of sp³-hybridized carbons (Fsp3) is 0.400. The number of carbonyl (C=O) groups is 2. The molecule has 0 unspecified atom stereocenters. The van der Waals surface area contributed by atoms with Gasteiger partial charge in [-0.2, -0.15) is 5.10 Å². The van der Waals surface area contributed by atoms with E-state index < -0.39 is 0 Å². The minimum absolute atomic E-state index is 0. The minimum atomic E-state index is -0.203. The van der Waals surface area contributed by atoms with Gasteiger partial charge in [0.25, 0.3) is 0 Å². The molecule has 1 aromatic carbocycles. The van der Waals surface area contributed by atoms with Gasteiger partial charge < -0.3 is 9.80 Å². The van der Waals surface area contributed by atoms with Gasteiger partial charge in [-0.3, -0.25) is 15.0 Å². The number of hydrogen-bond acceptors (Lipinski definition) is 6. The zero-order valence-corrected chi connectivity index (χ0v) is 19.8. The highest BCUT2D eigenvalue weighted by molar-refractivity contribution is 5.86. The maximum Gasteiger partial charge on any atom is 0.238 e. The van der Waals surface area contributed by atoms with E-state index in [2.05, 4.69) is 20.5 Å². The number of piperazine rings is 1. The standard InChI is InChI=1S/C20H26N6O2.3ClH/c1-15(27)25-10-12-26(13-11-25)19-9-8-18(23-24-19)7-6-16-2-4-17(5-3-16)14-20(28)22-21;;;/h2-5,8-9H,6-7,10-14,21H2,1H3,(H,22,28);3*1H. The molecule has 3 rings (SSSR count). The summed E-state index contributed by atoms with van der Waals surface area (Å²) in [7, 11) is 0. The summed E-state index contributed by atoms with van der Waals surface area (Å²) in [6.07, 6.45) is 1.94. The van der Waals surface area contributed by atoms with Crippen LogP contribution < -0.4 is 16.2 Å². The van der Waals surface area contributed by atoms with Crippen molar-refractivity contribution in [1.29, 1.82) is 0 Å². The van der Waals surface area contributed by atoms with Crippen molar-refractivity contribution < 1.29 is 9.59 Å². The zero-order valence-electron chi connectivity index (χ0n) is 17.3. The van der Waals surface area contributed by atoms with E-state index >= 15 is 0 Å². The van der Waals surface area contributed by atoms with Crippen LogP contribution in [0.2, 0.25) is 0 Å². The SMILES string of the molecule is CC(=O)N1CCN(c2ccc(CCc3ccc(CC(=O)NN)cc3)nn2)CC1.Cl.Cl.Cl. The quantitative estimate of drug-likeness (QED) is 0.362. The molecule has 1 aromatic heterocycles. The van der Waals surface area contributed by atoms with E-state index in [1.54, 1.807) is 6.92 Å². The van der Waals surface area contributed by atoms with Gasteiger partial charge in [0.1, 0.15) is 0 Å². The monoisotopic (exact) mass is 490 g/mol. The summed E-state index contributed by atoms with van der Waals surface area (Å²) in [5.74, 6) is 5.88. The van der Waals surface area contributed by atoms with Gasteiger partial charge in [-0.05, 0) is 36.1 Å². The summed E-state index contributed by atoms with van der Waals surface area (Å²) >= 11 is 0. The van der Waals surface area contributed by atoms with Gasteiger partial charge in [-0.1, -0.05) is 24.3 Å². The largest absolute Gasteiger partial charge is 0.352 e. The van der Waals surface area contributed by atoms with Crippen molar-refractivity contribution in [3.63, 3.8) is 0 Å². The highest BCUT2D eigenvalue weighted by Crippen LogP contribution is 2.14. The van der Waals surface area contributed by atoms with E-state index in [1.807, 2.05) is 41.3 Å². The Balaban J connectivity index is 0.00000300. The number of carbonyl (C=O) groups excluding carboxylic acids is 2. The first-order valence-corrected chi connectivity index (χ1v) is 9.45. The topological polar surface area (TPSA) is 104 Å². The normalized spacial score (nSPS) is 12.7. The lowest BCUT2D eigenvalue weighted by atomic mass is 10.0. The van der Waals surface area contributed by atoms with Gasteiger partial charge in [0.15, 0.2) is 5.82 Å². The van der Waals surface area contributed by atoms with Gasteiger partial charge in [-0.15, -0.1) is 42.3 Å². The summed E-state index contributed by atoms with van der Waals surface area (Å²) in [5, 5.41) is 8.71. The summed E-state index contributed by atoms with van der Waals surface area (Å²) in [6.45, 7) is 4.61. The smallest absolute Gasteiger partial charge is 0.238 e. The Bertz CT molecular complexity index is 813. The van der Waals surface area contributed by atoms with Crippen molar-refractivity contribution >= 4 is 54.9 Å². The van der Waals surface area contributed by atoms with Gasteiger partial charge in [-0.25, -0.2) is 5.84 Å². The third-order valence-electron chi connectivity index (χ3n) is 4.97. The minimum Gasteiger partial charge on any atom is -0.352 e. The van der Waals surface area contributed by atoms with E-state index in [-0.39, 0.29) is 55.5 Å². The molecule has 31 heavy (non-hydrogen) atoms.